The van der Waals surface area contributed by atoms with Crippen molar-refractivity contribution in [2.75, 3.05) is 39.3 Å². The Balaban J connectivity index is 0.864. The molecule has 1 N–H and O–H groups in total. The Hall–Kier alpha value is -4.36. The molecule has 1 saturated carbocycles. The summed E-state index contributed by atoms with van der Waals surface area (Å²) in [6.45, 7) is 4.20. The molecule has 3 aliphatic rings. The Kier molecular flexibility index (Phi) is 8.26. The van der Waals surface area contributed by atoms with Crippen LogP contribution < -0.4 is 4.74 Å². The van der Waals surface area contributed by atoms with Gasteiger partial charge >= 0.3 is 0 Å². The molecular weight excluding hydrogens is 626 g/mol. The van der Waals surface area contributed by atoms with Crippen LogP contribution in [0, 0.1) is 0 Å². The molecule has 4 nitrogen and oxygen atoms in total. The molecule has 50 heavy (non-hydrogen) atoms. The van der Waals surface area contributed by atoms with E-state index in [0.717, 1.165) is 78.8 Å². The van der Waals surface area contributed by atoms with E-state index in [1.165, 1.54) is 21.5 Å². The van der Waals surface area contributed by atoms with Gasteiger partial charge in [0.25, 0.3) is 0 Å². The van der Waals surface area contributed by atoms with Crippen molar-refractivity contribution in [2.24, 2.45) is 0 Å². The third-order valence-electron chi connectivity index (χ3n) is 11.3. The van der Waals surface area contributed by atoms with E-state index in [2.05, 4.69) is 64.4 Å². The lowest BCUT2D eigenvalue weighted by molar-refractivity contribution is 0.0680. The van der Waals surface area contributed by atoms with Gasteiger partial charge in [-0.05, 0) is 92.1 Å². The number of hydrogen-bond acceptors (Lipinski definition) is 4. The highest BCUT2D eigenvalue weighted by atomic mass is 19.2. The maximum absolute atomic E-state index is 16.1. The molecule has 9 rings (SSSR count). The molecule has 4 atom stereocenters. The molecule has 254 valence electrons. The molecule has 6 aromatic carbocycles. The monoisotopic (exact) mass is 668 g/mol. The predicted molar refractivity (Wildman–Crippen MR) is 197 cm³/mol. The number of hydrogen-bond donors (Lipinski definition) is 1. The molecule has 6 aromatic rings. The van der Waals surface area contributed by atoms with Crippen molar-refractivity contribution in [2.45, 2.75) is 49.7 Å². The molecule has 3 unspecified atom stereocenters. The summed E-state index contributed by atoms with van der Waals surface area (Å²) < 4.78 is 38.2. The number of aliphatic hydroxyl groups is 1. The Bertz CT molecular complexity index is 2190. The minimum atomic E-state index is -1.67. The fourth-order valence-corrected chi connectivity index (χ4v) is 8.58. The molecule has 0 aromatic heterocycles. The molecule has 1 aliphatic heterocycles. The van der Waals surface area contributed by atoms with Crippen molar-refractivity contribution >= 4 is 32.3 Å². The number of nitrogens with zero attached hydrogens (tertiary/aromatic N) is 2. The summed E-state index contributed by atoms with van der Waals surface area (Å²) >= 11 is 0. The van der Waals surface area contributed by atoms with Gasteiger partial charge < -0.3 is 14.7 Å². The van der Waals surface area contributed by atoms with E-state index in [0.29, 0.717) is 23.5 Å². The number of piperazine rings is 1. The number of fused-ring (bicyclic) bond motifs is 7. The highest BCUT2D eigenvalue weighted by Crippen LogP contribution is 2.53. The van der Waals surface area contributed by atoms with Crippen LogP contribution in [-0.4, -0.2) is 60.3 Å². The van der Waals surface area contributed by atoms with Crippen LogP contribution in [-0.2, 0) is 0 Å². The molecule has 2 aliphatic carbocycles. The maximum atomic E-state index is 16.1. The fourth-order valence-electron chi connectivity index (χ4n) is 8.58. The van der Waals surface area contributed by atoms with Gasteiger partial charge in [-0.3, -0.25) is 4.90 Å². The third-order valence-corrected chi connectivity index (χ3v) is 11.3. The summed E-state index contributed by atoms with van der Waals surface area (Å²) in [4.78, 5) is 4.79. The Morgan fingerprint density at radius 3 is 2.10 bits per heavy atom. The number of benzene rings is 6. The second-order valence-electron chi connectivity index (χ2n) is 14.4. The van der Waals surface area contributed by atoms with Gasteiger partial charge in [-0.2, -0.15) is 0 Å². The van der Waals surface area contributed by atoms with Crippen LogP contribution in [0.1, 0.15) is 71.4 Å². The van der Waals surface area contributed by atoms with Crippen molar-refractivity contribution in [1.82, 2.24) is 9.80 Å². The number of aliphatic hydroxyl groups excluding tert-OH is 1. The van der Waals surface area contributed by atoms with E-state index in [1.807, 2.05) is 48.5 Å². The van der Waals surface area contributed by atoms with Gasteiger partial charge in [0, 0.05) is 38.1 Å². The van der Waals surface area contributed by atoms with E-state index < -0.39 is 18.4 Å². The summed E-state index contributed by atoms with van der Waals surface area (Å²) in [7, 11) is 0. The van der Waals surface area contributed by atoms with Crippen LogP contribution in [0.2, 0.25) is 0 Å². The zero-order chi connectivity index (χ0) is 33.8. The van der Waals surface area contributed by atoms with Gasteiger partial charge in [-0.15, -0.1) is 0 Å². The smallest absolute Gasteiger partial charge is 0.161 e. The van der Waals surface area contributed by atoms with Crippen molar-refractivity contribution in [3.63, 3.8) is 0 Å². The quantitative estimate of drug-likeness (QED) is 0.164. The first-order valence-electron chi connectivity index (χ1n) is 18.2. The van der Waals surface area contributed by atoms with Crippen LogP contribution in [0.5, 0.6) is 5.75 Å². The first-order valence-corrected chi connectivity index (χ1v) is 18.2. The summed E-state index contributed by atoms with van der Waals surface area (Å²) in [6.07, 6.45) is -1.24. The molecular formula is C44H42F2N2O2. The van der Waals surface area contributed by atoms with Crippen LogP contribution in [0.4, 0.5) is 8.78 Å². The molecule has 0 bridgehead atoms. The number of rotatable bonds is 8. The van der Waals surface area contributed by atoms with E-state index in [1.54, 1.807) is 6.07 Å². The number of alkyl halides is 2. The molecule has 0 amide bonds. The lowest BCUT2D eigenvalue weighted by Gasteiger charge is -2.40. The zero-order valence-corrected chi connectivity index (χ0v) is 28.1. The summed E-state index contributed by atoms with van der Waals surface area (Å²) in [5, 5.41) is 18.1. The normalized spacial score (nSPS) is 21.9. The molecule has 0 radical (unpaired) electrons. The van der Waals surface area contributed by atoms with Gasteiger partial charge in [0.2, 0.25) is 0 Å². The Labute approximate surface area is 291 Å². The van der Waals surface area contributed by atoms with Crippen LogP contribution >= 0.6 is 0 Å². The fraction of sp³-hybridized carbons (Fsp3) is 0.318. The largest absolute Gasteiger partial charge is 0.490 e. The minimum absolute atomic E-state index is 0.184. The van der Waals surface area contributed by atoms with E-state index in [9.17, 15) is 5.11 Å². The van der Waals surface area contributed by atoms with Crippen LogP contribution in [0.15, 0.2) is 109 Å². The van der Waals surface area contributed by atoms with Crippen molar-refractivity contribution in [3.8, 4) is 5.75 Å². The van der Waals surface area contributed by atoms with E-state index in [4.69, 9.17) is 4.74 Å². The lowest BCUT2D eigenvalue weighted by Crippen LogP contribution is -2.48. The van der Waals surface area contributed by atoms with Gasteiger partial charge in [0.15, 0.2) is 12.3 Å². The number of ether oxygens (including phenoxy) is 1. The average Bonchev–Trinajstić information content (AvgIpc) is 4.02. The van der Waals surface area contributed by atoms with E-state index >= 15 is 8.78 Å². The minimum Gasteiger partial charge on any atom is -0.490 e. The van der Waals surface area contributed by atoms with Gasteiger partial charge in [0.05, 0.1) is 12.1 Å². The third kappa shape index (κ3) is 5.64. The SMILES string of the molecule is O[C@@H](CCN1CCN(C2c3ccccc3C(F)C(F)c3c(C4CC4)cccc32)CC1)COc1cccc2c1ccc1c3ccccc3ccc21. The second kappa shape index (κ2) is 13.1. The molecule has 1 heterocycles. The van der Waals surface area contributed by atoms with Gasteiger partial charge in [-0.25, -0.2) is 8.78 Å². The number of halogens is 2. The molecule has 0 spiro atoms. The van der Waals surface area contributed by atoms with Crippen LogP contribution in [0.25, 0.3) is 32.3 Å². The lowest BCUT2D eigenvalue weighted by atomic mass is 9.89. The van der Waals surface area contributed by atoms with Crippen molar-refractivity contribution in [1.29, 1.82) is 0 Å². The summed E-state index contributed by atoms with van der Waals surface area (Å²) in [5.74, 6) is 1.12. The summed E-state index contributed by atoms with van der Waals surface area (Å²) in [5.41, 5.74) is 3.86. The van der Waals surface area contributed by atoms with Gasteiger partial charge in [-0.1, -0.05) is 97.1 Å². The van der Waals surface area contributed by atoms with Crippen molar-refractivity contribution < 1.29 is 18.6 Å². The Morgan fingerprint density at radius 1 is 0.620 bits per heavy atom. The topological polar surface area (TPSA) is 35.9 Å². The molecule has 1 saturated heterocycles. The zero-order valence-electron chi connectivity index (χ0n) is 28.1. The van der Waals surface area contributed by atoms with Crippen molar-refractivity contribution in [3.05, 3.63) is 137 Å². The van der Waals surface area contributed by atoms with Crippen LogP contribution in [0.3, 0.4) is 0 Å². The maximum Gasteiger partial charge on any atom is 0.161 e. The standard InChI is InChI=1S/C44H42F2N2O2/c45-42-37-9-3-4-10-38(37)44(39-13-5-11-32(29-15-16-29)41(39)43(42)46)48-25-23-47(24-26-48)22-21-30(49)27-50-40-14-6-12-33-35-18-17-28-7-1-2-8-31(28)34(35)19-20-36(33)40/h1-14,17-20,29-30,42-44,49H,15-16,21-27H2/t30-,42?,43?,44?/m0/s1. The second-order valence-corrected chi connectivity index (χ2v) is 14.4. The first-order chi connectivity index (χ1) is 24.5. The predicted octanol–water partition coefficient (Wildman–Crippen LogP) is 9.60. The average molecular weight is 669 g/mol. The highest BCUT2D eigenvalue weighted by molar-refractivity contribution is 6.18. The highest BCUT2D eigenvalue weighted by Gasteiger charge is 2.42. The molecule has 6 heteroatoms. The van der Waals surface area contributed by atoms with E-state index in [-0.39, 0.29) is 12.6 Å². The molecule has 2 fully saturated rings. The Morgan fingerprint density at radius 2 is 1.26 bits per heavy atom. The van der Waals surface area contributed by atoms with Gasteiger partial charge in [0.1, 0.15) is 12.4 Å². The first kappa shape index (κ1) is 31.6. The summed E-state index contributed by atoms with van der Waals surface area (Å²) in [6, 6.07) is 36.7.